The van der Waals surface area contributed by atoms with Crippen LogP contribution in [-0.2, 0) is 6.54 Å². The molecular weight excluding hydrogens is 332 g/mol. The standard InChI is InChI=1S/C23H26N4/c1-26(2)14-8-13-24-16-18-15-22-23(19-9-4-3-5-10-19)25-20-11-6-7-12-21(20)27(22)17-18/h3-7,9-12,15,17,24H,8,13-14,16H2,1-2H3. The van der Waals surface area contributed by atoms with Gasteiger partial charge in [-0.25, -0.2) is 4.98 Å². The molecule has 2 aromatic heterocycles. The third-order valence-electron chi connectivity index (χ3n) is 4.83. The third-order valence-corrected chi connectivity index (χ3v) is 4.83. The van der Waals surface area contributed by atoms with Gasteiger partial charge in [0.2, 0.25) is 0 Å². The second-order valence-corrected chi connectivity index (χ2v) is 7.25. The van der Waals surface area contributed by atoms with Crippen LogP contribution < -0.4 is 5.32 Å². The van der Waals surface area contributed by atoms with Crippen molar-refractivity contribution in [3.8, 4) is 11.3 Å². The fraction of sp³-hybridized carbons (Fsp3) is 0.261. The molecule has 4 nitrogen and oxygen atoms in total. The van der Waals surface area contributed by atoms with E-state index < -0.39 is 0 Å². The van der Waals surface area contributed by atoms with Gasteiger partial charge in [0.25, 0.3) is 0 Å². The van der Waals surface area contributed by atoms with E-state index in [0.29, 0.717) is 0 Å². The van der Waals surface area contributed by atoms with Crippen LogP contribution in [0.1, 0.15) is 12.0 Å². The van der Waals surface area contributed by atoms with Crippen LogP contribution in [0.25, 0.3) is 27.8 Å². The molecular formula is C23H26N4. The molecule has 4 aromatic rings. The van der Waals surface area contributed by atoms with Gasteiger partial charge in [-0.15, -0.1) is 0 Å². The zero-order chi connectivity index (χ0) is 18.6. The summed E-state index contributed by atoms with van der Waals surface area (Å²) in [6.07, 6.45) is 3.39. The van der Waals surface area contributed by atoms with Crippen LogP contribution in [0.5, 0.6) is 0 Å². The van der Waals surface area contributed by atoms with Crippen LogP contribution in [0.15, 0.2) is 66.9 Å². The molecule has 0 radical (unpaired) electrons. The second kappa shape index (κ2) is 7.91. The van der Waals surface area contributed by atoms with E-state index in [0.717, 1.165) is 53.9 Å². The van der Waals surface area contributed by atoms with Crippen molar-refractivity contribution < 1.29 is 0 Å². The topological polar surface area (TPSA) is 32.6 Å². The molecule has 0 saturated carbocycles. The zero-order valence-corrected chi connectivity index (χ0v) is 16.0. The summed E-state index contributed by atoms with van der Waals surface area (Å²) in [7, 11) is 4.23. The van der Waals surface area contributed by atoms with Gasteiger partial charge in [0.1, 0.15) is 0 Å². The molecule has 1 N–H and O–H groups in total. The number of para-hydroxylation sites is 2. The normalized spacial score (nSPS) is 11.7. The lowest BCUT2D eigenvalue weighted by Crippen LogP contribution is -2.20. The number of rotatable bonds is 7. The SMILES string of the molecule is CN(C)CCCNCc1cc2c(-c3ccccc3)nc3ccccc3n2c1. The first-order chi connectivity index (χ1) is 13.2. The summed E-state index contributed by atoms with van der Waals surface area (Å²) in [5.74, 6) is 0. The van der Waals surface area contributed by atoms with Crippen molar-refractivity contribution in [2.75, 3.05) is 27.2 Å². The van der Waals surface area contributed by atoms with Gasteiger partial charge in [-0.2, -0.15) is 0 Å². The number of aromatic nitrogens is 2. The quantitative estimate of drug-likeness (QED) is 0.503. The second-order valence-electron chi connectivity index (χ2n) is 7.25. The molecule has 27 heavy (non-hydrogen) atoms. The Kier molecular flexibility index (Phi) is 5.19. The van der Waals surface area contributed by atoms with Crippen molar-refractivity contribution in [3.63, 3.8) is 0 Å². The lowest BCUT2D eigenvalue weighted by Gasteiger charge is -2.09. The monoisotopic (exact) mass is 358 g/mol. The molecule has 0 fully saturated rings. The minimum absolute atomic E-state index is 0.873. The molecule has 0 atom stereocenters. The van der Waals surface area contributed by atoms with E-state index in [-0.39, 0.29) is 0 Å². The van der Waals surface area contributed by atoms with E-state index in [2.05, 4.69) is 83.4 Å². The summed E-state index contributed by atoms with van der Waals surface area (Å²) in [4.78, 5) is 7.19. The molecule has 0 bridgehead atoms. The molecule has 4 rings (SSSR count). The third kappa shape index (κ3) is 3.87. The Hall–Kier alpha value is -2.69. The molecule has 2 heterocycles. The maximum absolute atomic E-state index is 4.97. The van der Waals surface area contributed by atoms with E-state index in [1.54, 1.807) is 0 Å². The maximum atomic E-state index is 4.97. The summed E-state index contributed by atoms with van der Waals surface area (Å²) in [6, 6.07) is 21.0. The van der Waals surface area contributed by atoms with Crippen LogP contribution in [0.3, 0.4) is 0 Å². The Morgan fingerprint density at radius 1 is 0.963 bits per heavy atom. The lowest BCUT2D eigenvalue weighted by atomic mass is 10.1. The van der Waals surface area contributed by atoms with E-state index in [9.17, 15) is 0 Å². The number of hydrogen-bond donors (Lipinski definition) is 1. The molecule has 0 unspecified atom stereocenters. The Labute approximate surface area is 160 Å². The van der Waals surface area contributed by atoms with Crippen molar-refractivity contribution in [1.82, 2.24) is 19.6 Å². The highest BCUT2D eigenvalue weighted by atomic mass is 15.1. The van der Waals surface area contributed by atoms with E-state index in [1.165, 1.54) is 5.56 Å². The fourth-order valence-corrected chi connectivity index (χ4v) is 3.50. The van der Waals surface area contributed by atoms with Gasteiger partial charge in [0, 0.05) is 18.3 Å². The van der Waals surface area contributed by atoms with E-state index in [4.69, 9.17) is 4.98 Å². The van der Waals surface area contributed by atoms with Gasteiger partial charge in [-0.1, -0.05) is 42.5 Å². The summed E-state index contributed by atoms with van der Waals surface area (Å²) in [6.45, 7) is 3.00. The van der Waals surface area contributed by atoms with Gasteiger partial charge >= 0.3 is 0 Å². The number of nitrogens with one attached hydrogen (secondary N) is 1. The maximum Gasteiger partial charge on any atom is 0.0950 e. The Morgan fingerprint density at radius 3 is 2.56 bits per heavy atom. The first-order valence-corrected chi connectivity index (χ1v) is 9.53. The molecule has 2 aromatic carbocycles. The van der Waals surface area contributed by atoms with Crippen molar-refractivity contribution in [1.29, 1.82) is 0 Å². The van der Waals surface area contributed by atoms with Gasteiger partial charge in [-0.05, 0) is 57.4 Å². The zero-order valence-electron chi connectivity index (χ0n) is 16.0. The first kappa shape index (κ1) is 17.7. The highest BCUT2D eigenvalue weighted by molar-refractivity contribution is 5.88. The van der Waals surface area contributed by atoms with Crippen LogP contribution in [-0.4, -0.2) is 41.5 Å². The summed E-state index contributed by atoms with van der Waals surface area (Å²) < 4.78 is 2.28. The molecule has 0 saturated heterocycles. The molecule has 0 aliphatic carbocycles. The Balaban J connectivity index is 1.69. The lowest BCUT2D eigenvalue weighted by molar-refractivity contribution is 0.394. The average Bonchev–Trinajstić information content (AvgIpc) is 3.12. The Bertz CT molecular complexity index is 1030. The van der Waals surface area contributed by atoms with Crippen LogP contribution in [0, 0.1) is 0 Å². The molecule has 0 spiro atoms. The van der Waals surface area contributed by atoms with E-state index >= 15 is 0 Å². The Morgan fingerprint density at radius 2 is 1.74 bits per heavy atom. The molecule has 138 valence electrons. The van der Waals surface area contributed by atoms with E-state index in [1.807, 2.05) is 12.1 Å². The van der Waals surface area contributed by atoms with Crippen molar-refractivity contribution in [2.24, 2.45) is 0 Å². The van der Waals surface area contributed by atoms with Crippen LogP contribution in [0.2, 0.25) is 0 Å². The summed E-state index contributed by atoms with van der Waals surface area (Å²) in [5.41, 5.74) is 6.79. The van der Waals surface area contributed by atoms with Crippen LogP contribution in [0.4, 0.5) is 0 Å². The van der Waals surface area contributed by atoms with Crippen molar-refractivity contribution >= 4 is 16.6 Å². The summed E-state index contributed by atoms with van der Waals surface area (Å²) >= 11 is 0. The van der Waals surface area contributed by atoms with Crippen molar-refractivity contribution in [3.05, 3.63) is 72.4 Å². The highest BCUT2D eigenvalue weighted by Gasteiger charge is 2.11. The van der Waals surface area contributed by atoms with Gasteiger partial charge in [0.05, 0.1) is 22.2 Å². The number of nitrogens with zero attached hydrogens (tertiary/aromatic N) is 3. The minimum atomic E-state index is 0.873. The number of benzene rings is 2. The van der Waals surface area contributed by atoms with Gasteiger partial charge < -0.3 is 14.6 Å². The number of hydrogen-bond acceptors (Lipinski definition) is 3. The van der Waals surface area contributed by atoms with Gasteiger partial charge in [0.15, 0.2) is 0 Å². The number of fused-ring (bicyclic) bond motifs is 3. The van der Waals surface area contributed by atoms with Crippen LogP contribution >= 0.6 is 0 Å². The molecule has 0 aliphatic rings. The molecule has 0 amide bonds. The largest absolute Gasteiger partial charge is 0.313 e. The highest BCUT2D eigenvalue weighted by Crippen LogP contribution is 2.28. The molecule has 0 aliphatic heterocycles. The first-order valence-electron chi connectivity index (χ1n) is 9.53. The molecule has 4 heteroatoms. The smallest absolute Gasteiger partial charge is 0.0950 e. The predicted molar refractivity (Wildman–Crippen MR) is 113 cm³/mol. The van der Waals surface area contributed by atoms with Crippen molar-refractivity contribution in [2.45, 2.75) is 13.0 Å². The van der Waals surface area contributed by atoms with Gasteiger partial charge in [-0.3, -0.25) is 0 Å². The minimum Gasteiger partial charge on any atom is -0.313 e. The average molecular weight is 358 g/mol. The summed E-state index contributed by atoms with van der Waals surface area (Å²) in [5, 5.41) is 3.56. The fourth-order valence-electron chi connectivity index (χ4n) is 3.50. The predicted octanol–water partition coefficient (Wildman–Crippen LogP) is 4.20.